The first-order valence-corrected chi connectivity index (χ1v) is 5.89. The van der Waals surface area contributed by atoms with Gasteiger partial charge >= 0.3 is 0 Å². The number of hydrogen-bond acceptors (Lipinski definition) is 3. The van der Waals surface area contributed by atoms with E-state index in [0.29, 0.717) is 6.61 Å². The van der Waals surface area contributed by atoms with Gasteiger partial charge in [-0.15, -0.1) is 0 Å². The van der Waals surface area contributed by atoms with E-state index >= 15 is 0 Å². The molecule has 0 radical (unpaired) electrons. The van der Waals surface area contributed by atoms with Crippen LogP contribution in [-0.2, 0) is 6.42 Å². The summed E-state index contributed by atoms with van der Waals surface area (Å²) in [7, 11) is 1.67. The molecule has 0 aliphatic rings. The highest BCUT2D eigenvalue weighted by Gasteiger charge is 1.97. The fourth-order valence-electron chi connectivity index (χ4n) is 1.68. The summed E-state index contributed by atoms with van der Waals surface area (Å²) in [6, 6.07) is 15.4. The van der Waals surface area contributed by atoms with Crippen LogP contribution in [0, 0.1) is 0 Å². The van der Waals surface area contributed by atoms with E-state index < -0.39 is 0 Å². The van der Waals surface area contributed by atoms with E-state index in [9.17, 15) is 0 Å². The van der Waals surface area contributed by atoms with Crippen molar-refractivity contribution < 1.29 is 9.47 Å². The molecule has 0 aliphatic heterocycles. The van der Waals surface area contributed by atoms with Crippen LogP contribution in [0.1, 0.15) is 5.56 Å². The van der Waals surface area contributed by atoms with E-state index in [1.54, 1.807) is 7.11 Å². The van der Waals surface area contributed by atoms with Crippen LogP contribution in [0.4, 0.5) is 5.69 Å². The van der Waals surface area contributed by atoms with Crippen LogP contribution in [-0.4, -0.2) is 13.7 Å². The van der Waals surface area contributed by atoms with Crippen LogP contribution >= 0.6 is 0 Å². The third-order valence-electron chi connectivity index (χ3n) is 2.67. The second-order valence-corrected chi connectivity index (χ2v) is 4.02. The lowest BCUT2D eigenvalue weighted by molar-refractivity contribution is 0.321. The Kier molecular flexibility index (Phi) is 4.07. The summed E-state index contributed by atoms with van der Waals surface area (Å²) in [4.78, 5) is 0. The Bertz CT molecular complexity index is 494. The molecule has 0 saturated heterocycles. The predicted molar refractivity (Wildman–Crippen MR) is 73.0 cm³/mol. The van der Waals surface area contributed by atoms with Crippen LogP contribution < -0.4 is 15.2 Å². The highest BCUT2D eigenvalue weighted by Crippen LogP contribution is 2.15. The molecule has 3 nitrogen and oxygen atoms in total. The molecule has 0 fully saturated rings. The quantitative estimate of drug-likeness (QED) is 0.821. The Morgan fingerprint density at radius 3 is 2.50 bits per heavy atom. The molecule has 0 aromatic heterocycles. The van der Waals surface area contributed by atoms with Crippen molar-refractivity contribution in [2.45, 2.75) is 6.42 Å². The topological polar surface area (TPSA) is 44.5 Å². The maximum absolute atomic E-state index is 5.64. The molecule has 2 aromatic carbocycles. The minimum atomic E-state index is 0.636. The SMILES string of the molecule is COc1cccc(CCOc2ccc(N)cc2)c1. The van der Waals surface area contributed by atoms with Crippen molar-refractivity contribution in [1.82, 2.24) is 0 Å². The van der Waals surface area contributed by atoms with Crippen molar-refractivity contribution in [3.8, 4) is 11.5 Å². The predicted octanol–water partition coefficient (Wildman–Crippen LogP) is 2.90. The third-order valence-corrected chi connectivity index (χ3v) is 2.67. The van der Waals surface area contributed by atoms with Crippen LogP contribution in [0.5, 0.6) is 11.5 Å². The highest BCUT2D eigenvalue weighted by molar-refractivity contribution is 5.41. The van der Waals surface area contributed by atoms with E-state index in [2.05, 4.69) is 6.07 Å². The molecule has 2 N–H and O–H groups in total. The molecule has 94 valence electrons. The zero-order chi connectivity index (χ0) is 12.8. The summed E-state index contributed by atoms with van der Waals surface area (Å²) in [6.45, 7) is 0.636. The van der Waals surface area contributed by atoms with Gasteiger partial charge in [0.15, 0.2) is 0 Å². The number of methoxy groups -OCH3 is 1. The van der Waals surface area contributed by atoms with E-state index in [1.807, 2.05) is 42.5 Å². The van der Waals surface area contributed by atoms with Crippen LogP contribution in [0.15, 0.2) is 48.5 Å². The smallest absolute Gasteiger partial charge is 0.119 e. The Morgan fingerprint density at radius 1 is 1.00 bits per heavy atom. The normalized spacial score (nSPS) is 10.1. The minimum Gasteiger partial charge on any atom is -0.497 e. The van der Waals surface area contributed by atoms with Crippen LogP contribution in [0.2, 0.25) is 0 Å². The fourth-order valence-corrected chi connectivity index (χ4v) is 1.68. The van der Waals surface area contributed by atoms with Gasteiger partial charge in [0, 0.05) is 12.1 Å². The van der Waals surface area contributed by atoms with Gasteiger partial charge in [-0.1, -0.05) is 12.1 Å². The van der Waals surface area contributed by atoms with Crippen molar-refractivity contribution in [1.29, 1.82) is 0 Å². The Labute approximate surface area is 107 Å². The lowest BCUT2D eigenvalue weighted by atomic mass is 10.1. The monoisotopic (exact) mass is 243 g/mol. The maximum Gasteiger partial charge on any atom is 0.119 e. The zero-order valence-electron chi connectivity index (χ0n) is 10.4. The highest BCUT2D eigenvalue weighted by atomic mass is 16.5. The lowest BCUT2D eigenvalue weighted by Gasteiger charge is -2.07. The van der Waals surface area contributed by atoms with Crippen molar-refractivity contribution in [3.05, 3.63) is 54.1 Å². The molecule has 0 atom stereocenters. The molecule has 0 bridgehead atoms. The number of benzene rings is 2. The third kappa shape index (κ3) is 3.42. The van der Waals surface area contributed by atoms with E-state index in [-0.39, 0.29) is 0 Å². The molecule has 0 saturated carbocycles. The summed E-state index contributed by atoms with van der Waals surface area (Å²) < 4.78 is 10.8. The first kappa shape index (κ1) is 12.3. The van der Waals surface area contributed by atoms with E-state index in [4.69, 9.17) is 15.2 Å². The molecular formula is C15H17NO2. The van der Waals surface area contributed by atoms with Gasteiger partial charge in [0.1, 0.15) is 11.5 Å². The van der Waals surface area contributed by atoms with Crippen molar-refractivity contribution in [2.24, 2.45) is 0 Å². The number of hydrogen-bond donors (Lipinski definition) is 1. The summed E-state index contributed by atoms with van der Waals surface area (Å²) in [5.41, 5.74) is 7.55. The first-order valence-electron chi connectivity index (χ1n) is 5.89. The standard InChI is InChI=1S/C15H17NO2/c1-17-15-4-2-3-12(11-15)9-10-18-14-7-5-13(16)6-8-14/h2-8,11H,9-10,16H2,1H3. The van der Waals surface area contributed by atoms with Gasteiger partial charge in [0.25, 0.3) is 0 Å². The summed E-state index contributed by atoms with van der Waals surface area (Å²) in [5.74, 6) is 1.71. The second-order valence-electron chi connectivity index (χ2n) is 4.02. The fraction of sp³-hybridized carbons (Fsp3) is 0.200. The van der Waals surface area contributed by atoms with E-state index in [1.165, 1.54) is 5.56 Å². The van der Waals surface area contributed by atoms with Crippen LogP contribution in [0.3, 0.4) is 0 Å². The number of rotatable bonds is 5. The molecule has 2 aromatic rings. The van der Waals surface area contributed by atoms with Gasteiger partial charge < -0.3 is 15.2 Å². The summed E-state index contributed by atoms with van der Waals surface area (Å²) in [5, 5.41) is 0. The number of nitrogen functional groups attached to an aromatic ring is 1. The van der Waals surface area contributed by atoms with Gasteiger partial charge in [-0.3, -0.25) is 0 Å². The number of ether oxygens (including phenoxy) is 2. The molecule has 0 aliphatic carbocycles. The van der Waals surface area contributed by atoms with Crippen molar-refractivity contribution >= 4 is 5.69 Å². The average Bonchev–Trinajstić information content (AvgIpc) is 2.41. The number of anilines is 1. The number of nitrogens with two attached hydrogens (primary N) is 1. The molecule has 2 rings (SSSR count). The Hall–Kier alpha value is -2.16. The van der Waals surface area contributed by atoms with Gasteiger partial charge in [0.2, 0.25) is 0 Å². The molecule has 0 amide bonds. The van der Waals surface area contributed by atoms with Gasteiger partial charge in [-0.2, -0.15) is 0 Å². The second kappa shape index (κ2) is 5.96. The molecule has 0 heterocycles. The van der Waals surface area contributed by atoms with Gasteiger partial charge in [0.05, 0.1) is 13.7 Å². The molecule has 3 heteroatoms. The molecular weight excluding hydrogens is 226 g/mol. The summed E-state index contributed by atoms with van der Waals surface area (Å²) in [6.07, 6.45) is 0.849. The van der Waals surface area contributed by atoms with Crippen LogP contribution in [0.25, 0.3) is 0 Å². The van der Waals surface area contributed by atoms with Crippen molar-refractivity contribution in [2.75, 3.05) is 19.5 Å². The van der Waals surface area contributed by atoms with Crippen molar-refractivity contribution in [3.63, 3.8) is 0 Å². The largest absolute Gasteiger partial charge is 0.497 e. The maximum atomic E-state index is 5.64. The Morgan fingerprint density at radius 2 is 1.78 bits per heavy atom. The summed E-state index contributed by atoms with van der Waals surface area (Å²) >= 11 is 0. The van der Waals surface area contributed by atoms with Gasteiger partial charge in [-0.25, -0.2) is 0 Å². The lowest BCUT2D eigenvalue weighted by Crippen LogP contribution is -2.01. The molecule has 18 heavy (non-hydrogen) atoms. The first-order chi connectivity index (χ1) is 8.78. The van der Waals surface area contributed by atoms with E-state index in [0.717, 1.165) is 23.6 Å². The Balaban J connectivity index is 1.86. The molecule has 0 unspecified atom stereocenters. The van der Waals surface area contributed by atoms with Gasteiger partial charge in [-0.05, 0) is 42.0 Å². The molecule has 0 spiro atoms. The zero-order valence-corrected chi connectivity index (χ0v) is 10.4. The minimum absolute atomic E-state index is 0.636. The average molecular weight is 243 g/mol.